The molecule has 1 aromatic heterocycles. The van der Waals surface area contributed by atoms with E-state index >= 15 is 0 Å². The largest absolute Gasteiger partial charge is 0.350 e. The number of amides is 1. The molecule has 0 aliphatic carbocycles. The molecule has 3 rings (SSSR count). The van der Waals surface area contributed by atoms with Crippen molar-refractivity contribution in [2.45, 2.75) is 32.7 Å². The Morgan fingerprint density at radius 3 is 2.83 bits per heavy atom. The number of likely N-dealkylation sites (N-methyl/N-ethyl adjacent to an activating group) is 1. The lowest BCUT2D eigenvalue weighted by molar-refractivity contribution is 0.0941. The van der Waals surface area contributed by atoms with Crippen LogP contribution in [-0.2, 0) is 0 Å². The van der Waals surface area contributed by atoms with Crippen LogP contribution in [-0.4, -0.2) is 46.3 Å². The summed E-state index contributed by atoms with van der Waals surface area (Å²) in [4.78, 5) is 15.0. The number of para-hydroxylation sites is 1. The zero-order valence-corrected chi connectivity index (χ0v) is 14.9. The summed E-state index contributed by atoms with van der Waals surface area (Å²) in [6, 6.07) is 10.0. The number of nitrogens with zero attached hydrogens (tertiary/aromatic N) is 3. The zero-order valence-electron chi connectivity index (χ0n) is 14.1. The van der Waals surface area contributed by atoms with Crippen LogP contribution in [0.4, 0.5) is 0 Å². The highest BCUT2D eigenvalue weighted by atomic mass is 35.5. The topological polar surface area (TPSA) is 50.2 Å². The van der Waals surface area contributed by atoms with E-state index in [4.69, 9.17) is 11.6 Å². The van der Waals surface area contributed by atoms with Crippen LogP contribution in [0.5, 0.6) is 0 Å². The summed E-state index contributed by atoms with van der Waals surface area (Å²) in [7, 11) is 0. The van der Waals surface area contributed by atoms with Crippen molar-refractivity contribution in [3.8, 4) is 5.69 Å². The van der Waals surface area contributed by atoms with Gasteiger partial charge in [-0.25, -0.2) is 4.68 Å². The second kappa shape index (κ2) is 7.36. The van der Waals surface area contributed by atoms with E-state index in [0.29, 0.717) is 29.0 Å². The minimum Gasteiger partial charge on any atom is -0.350 e. The standard InChI is InChI=1S/C18H23ClN4O/c1-3-22-11-7-10-15(22)12-20-18(24)16-13(2)21-23(17(16)19)14-8-5-4-6-9-14/h4-6,8-9,15H,3,7,10-12H2,1-2H3,(H,20,24). The lowest BCUT2D eigenvalue weighted by Gasteiger charge is -2.22. The third-order valence-electron chi connectivity index (χ3n) is 4.64. The summed E-state index contributed by atoms with van der Waals surface area (Å²) in [6.45, 7) is 6.76. The monoisotopic (exact) mass is 346 g/mol. The summed E-state index contributed by atoms with van der Waals surface area (Å²) in [5, 5.41) is 7.82. The number of hydrogen-bond donors (Lipinski definition) is 1. The number of carbonyl (C=O) groups is 1. The number of benzene rings is 1. The smallest absolute Gasteiger partial charge is 0.256 e. The molecule has 0 bridgehead atoms. The summed E-state index contributed by atoms with van der Waals surface area (Å²) in [5.41, 5.74) is 1.94. The van der Waals surface area contributed by atoms with Crippen LogP contribution in [0.3, 0.4) is 0 Å². The van der Waals surface area contributed by atoms with Gasteiger partial charge in [-0.15, -0.1) is 0 Å². The molecule has 6 heteroatoms. The Kier molecular flexibility index (Phi) is 5.21. The molecule has 24 heavy (non-hydrogen) atoms. The molecule has 1 aliphatic heterocycles. The molecule has 2 heterocycles. The summed E-state index contributed by atoms with van der Waals surface area (Å²) < 4.78 is 1.61. The van der Waals surface area contributed by atoms with Gasteiger partial charge in [0, 0.05) is 12.6 Å². The van der Waals surface area contributed by atoms with Crippen molar-refractivity contribution in [3.63, 3.8) is 0 Å². The molecule has 0 radical (unpaired) electrons. The molecule has 0 spiro atoms. The molecular weight excluding hydrogens is 324 g/mol. The highest BCUT2D eigenvalue weighted by Crippen LogP contribution is 2.23. The third kappa shape index (κ3) is 3.32. The number of hydrogen-bond acceptors (Lipinski definition) is 3. The van der Waals surface area contributed by atoms with E-state index in [-0.39, 0.29) is 5.91 Å². The van der Waals surface area contributed by atoms with Gasteiger partial charge in [-0.1, -0.05) is 36.7 Å². The van der Waals surface area contributed by atoms with E-state index < -0.39 is 0 Å². The fourth-order valence-corrected chi connectivity index (χ4v) is 3.70. The molecule has 1 atom stereocenters. The van der Waals surface area contributed by atoms with Gasteiger partial charge >= 0.3 is 0 Å². The maximum atomic E-state index is 12.6. The number of carbonyl (C=O) groups excluding carboxylic acids is 1. The van der Waals surface area contributed by atoms with Gasteiger partial charge in [-0.2, -0.15) is 5.10 Å². The van der Waals surface area contributed by atoms with Crippen LogP contribution in [0.2, 0.25) is 5.15 Å². The summed E-state index contributed by atoms with van der Waals surface area (Å²) in [6.07, 6.45) is 2.32. The van der Waals surface area contributed by atoms with Crippen molar-refractivity contribution in [2.24, 2.45) is 0 Å². The predicted molar refractivity (Wildman–Crippen MR) is 95.9 cm³/mol. The first-order chi connectivity index (χ1) is 11.6. The first-order valence-electron chi connectivity index (χ1n) is 8.44. The first kappa shape index (κ1) is 17.0. The normalized spacial score (nSPS) is 18.0. The molecule has 1 aromatic carbocycles. The van der Waals surface area contributed by atoms with E-state index in [0.717, 1.165) is 25.2 Å². The van der Waals surface area contributed by atoms with Gasteiger partial charge in [0.05, 0.1) is 16.9 Å². The number of nitrogens with one attached hydrogen (secondary N) is 1. The van der Waals surface area contributed by atoms with Crippen LogP contribution in [0, 0.1) is 6.92 Å². The number of rotatable bonds is 5. The van der Waals surface area contributed by atoms with Gasteiger partial charge in [0.1, 0.15) is 5.15 Å². The van der Waals surface area contributed by atoms with Crippen LogP contribution in [0.1, 0.15) is 35.8 Å². The van der Waals surface area contributed by atoms with Crippen LogP contribution in [0.15, 0.2) is 30.3 Å². The number of halogens is 1. The Balaban J connectivity index is 1.75. The van der Waals surface area contributed by atoms with Gasteiger partial charge in [0.15, 0.2) is 0 Å². The molecule has 1 saturated heterocycles. The third-order valence-corrected chi connectivity index (χ3v) is 4.98. The van der Waals surface area contributed by atoms with Crippen molar-refractivity contribution in [1.82, 2.24) is 20.0 Å². The molecule has 1 N–H and O–H groups in total. The Morgan fingerprint density at radius 2 is 2.12 bits per heavy atom. The fraction of sp³-hybridized carbons (Fsp3) is 0.444. The SMILES string of the molecule is CCN1CCCC1CNC(=O)c1c(C)nn(-c2ccccc2)c1Cl. The van der Waals surface area contributed by atoms with E-state index in [1.165, 1.54) is 6.42 Å². The molecule has 5 nitrogen and oxygen atoms in total. The summed E-state index contributed by atoms with van der Waals surface area (Å²) in [5.74, 6) is -0.150. The average Bonchev–Trinajstić information content (AvgIpc) is 3.17. The second-order valence-electron chi connectivity index (χ2n) is 6.13. The molecule has 128 valence electrons. The number of aromatic nitrogens is 2. The van der Waals surface area contributed by atoms with Gasteiger partial charge in [0.25, 0.3) is 5.91 Å². The quantitative estimate of drug-likeness (QED) is 0.905. The number of aryl methyl sites for hydroxylation is 1. The number of likely N-dealkylation sites (tertiary alicyclic amines) is 1. The van der Waals surface area contributed by atoms with Crippen LogP contribution >= 0.6 is 11.6 Å². The van der Waals surface area contributed by atoms with E-state index in [9.17, 15) is 4.79 Å². The maximum Gasteiger partial charge on any atom is 0.256 e. The molecule has 0 saturated carbocycles. The zero-order chi connectivity index (χ0) is 17.1. The van der Waals surface area contributed by atoms with Crippen molar-refractivity contribution in [3.05, 3.63) is 46.7 Å². The average molecular weight is 347 g/mol. The molecule has 1 amide bonds. The Labute approximate surface area is 147 Å². The molecule has 1 unspecified atom stereocenters. The molecule has 1 aliphatic rings. The van der Waals surface area contributed by atoms with Crippen molar-refractivity contribution in [1.29, 1.82) is 0 Å². The highest BCUT2D eigenvalue weighted by Gasteiger charge is 2.25. The Morgan fingerprint density at radius 1 is 1.38 bits per heavy atom. The minimum absolute atomic E-state index is 0.150. The predicted octanol–water partition coefficient (Wildman–Crippen LogP) is 3.05. The van der Waals surface area contributed by atoms with Gasteiger partial charge in [-0.3, -0.25) is 9.69 Å². The van der Waals surface area contributed by atoms with Gasteiger partial charge < -0.3 is 5.32 Å². The van der Waals surface area contributed by atoms with Gasteiger partial charge in [-0.05, 0) is 45.0 Å². The Bertz CT molecular complexity index is 713. The molecular formula is C18H23ClN4O. The van der Waals surface area contributed by atoms with E-state index in [1.54, 1.807) is 4.68 Å². The maximum absolute atomic E-state index is 12.6. The Hall–Kier alpha value is -1.85. The van der Waals surface area contributed by atoms with Crippen LogP contribution in [0.25, 0.3) is 5.69 Å². The molecule has 1 fully saturated rings. The fourth-order valence-electron chi connectivity index (χ4n) is 3.34. The minimum atomic E-state index is -0.150. The summed E-state index contributed by atoms with van der Waals surface area (Å²) >= 11 is 6.44. The first-order valence-corrected chi connectivity index (χ1v) is 8.82. The molecule has 2 aromatic rings. The lowest BCUT2D eigenvalue weighted by Crippen LogP contribution is -2.40. The van der Waals surface area contributed by atoms with E-state index in [2.05, 4.69) is 22.2 Å². The van der Waals surface area contributed by atoms with Gasteiger partial charge in [0.2, 0.25) is 0 Å². The van der Waals surface area contributed by atoms with Crippen molar-refractivity contribution >= 4 is 17.5 Å². The van der Waals surface area contributed by atoms with Crippen LogP contribution < -0.4 is 5.32 Å². The van der Waals surface area contributed by atoms with Crippen molar-refractivity contribution in [2.75, 3.05) is 19.6 Å². The lowest BCUT2D eigenvalue weighted by atomic mass is 10.2. The van der Waals surface area contributed by atoms with E-state index in [1.807, 2.05) is 37.3 Å². The van der Waals surface area contributed by atoms with Crippen molar-refractivity contribution < 1.29 is 4.79 Å². The highest BCUT2D eigenvalue weighted by molar-refractivity contribution is 6.33. The second-order valence-corrected chi connectivity index (χ2v) is 6.49.